The number of hydrogen-bond donors (Lipinski definition) is 2. The second-order valence-electron chi connectivity index (χ2n) is 8.68. The fourth-order valence-corrected chi connectivity index (χ4v) is 6.14. The van der Waals surface area contributed by atoms with Crippen molar-refractivity contribution in [3.05, 3.63) is 0 Å². The maximum absolute atomic E-state index is 3.78. The van der Waals surface area contributed by atoms with Gasteiger partial charge in [0.2, 0.25) is 0 Å². The van der Waals surface area contributed by atoms with E-state index in [4.69, 9.17) is 0 Å². The summed E-state index contributed by atoms with van der Waals surface area (Å²) in [5, 5.41) is 7.39. The van der Waals surface area contributed by atoms with E-state index >= 15 is 0 Å². The molecular weight excluding hydrogens is 232 g/mol. The van der Waals surface area contributed by atoms with E-state index in [2.05, 4.69) is 17.6 Å². The molecule has 0 aliphatic heterocycles. The number of hydrogen-bond acceptors (Lipinski definition) is 2. The molecule has 0 heterocycles. The Morgan fingerprint density at radius 1 is 1.00 bits per heavy atom. The molecule has 5 fully saturated rings. The van der Waals surface area contributed by atoms with Gasteiger partial charge in [-0.1, -0.05) is 6.92 Å². The normalized spacial score (nSPS) is 47.8. The van der Waals surface area contributed by atoms with Gasteiger partial charge in [0.1, 0.15) is 0 Å². The molecule has 19 heavy (non-hydrogen) atoms. The molecule has 0 radical (unpaired) electrons. The molecule has 0 saturated heterocycles. The van der Waals surface area contributed by atoms with Crippen molar-refractivity contribution < 1.29 is 0 Å². The highest BCUT2D eigenvalue weighted by Crippen LogP contribution is 2.64. The molecule has 5 rings (SSSR count). The molecule has 0 aromatic rings. The summed E-state index contributed by atoms with van der Waals surface area (Å²) in [5.74, 6) is 2.13. The lowest BCUT2D eigenvalue weighted by Crippen LogP contribution is -2.54. The van der Waals surface area contributed by atoms with Gasteiger partial charge in [-0.05, 0) is 74.0 Å². The third-order valence-electron chi connectivity index (χ3n) is 6.29. The summed E-state index contributed by atoms with van der Waals surface area (Å²) in [7, 11) is 0. The molecule has 2 atom stereocenters. The molecule has 2 nitrogen and oxygen atoms in total. The molecule has 0 amide bonds. The van der Waals surface area contributed by atoms with Crippen molar-refractivity contribution in [3.8, 4) is 0 Å². The Hall–Kier alpha value is -0.0800. The largest absolute Gasteiger partial charge is 0.315 e. The van der Waals surface area contributed by atoms with E-state index in [9.17, 15) is 0 Å². The van der Waals surface area contributed by atoms with Crippen LogP contribution in [0, 0.1) is 22.7 Å². The molecule has 5 aliphatic rings. The summed E-state index contributed by atoms with van der Waals surface area (Å²) < 4.78 is 0. The van der Waals surface area contributed by atoms with Crippen molar-refractivity contribution in [2.24, 2.45) is 22.7 Å². The summed E-state index contributed by atoms with van der Waals surface area (Å²) in [6, 6.07) is 0.861. The number of nitrogens with one attached hydrogen (secondary N) is 2. The van der Waals surface area contributed by atoms with Gasteiger partial charge in [0.15, 0.2) is 0 Å². The highest BCUT2D eigenvalue weighted by atomic mass is 15.0. The zero-order valence-electron chi connectivity index (χ0n) is 12.5. The van der Waals surface area contributed by atoms with E-state index in [0.29, 0.717) is 10.8 Å². The van der Waals surface area contributed by atoms with E-state index in [1.165, 1.54) is 64.6 Å². The van der Waals surface area contributed by atoms with E-state index in [1.807, 2.05) is 0 Å². The van der Waals surface area contributed by atoms with Crippen LogP contribution in [0.15, 0.2) is 0 Å². The van der Waals surface area contributed by atoms with Crippen molar-refractivity contribution in [3.63, 3.8) is 0 Å². The maximum Gasteiger partial charge on any atom is 0.00793 e. The second-order valence-corrected chi connectivity index (χ2v) is 8.68. The Labute approximate surface area is 118 Å². The molecule has 2 unspecified atom stereocenters. The van der Waals surface area contributed by atoms with E-state index in [1.54, 1.807) is 6.42 Å². The van der Waals surface area contributed by atoms with Crippen LogP contribution in [0.4, 0.5) is 0 Å². The fraction of sp³-hybridized carbons (Fsp3) is 1.00. The molecule has 0 spiro atoms. The van der Waals surface area contributed by atoms with Crippen LogP contribution in [-0.2, 0) is 0 Å². The van der Waals surface area contributed by atoms with Crippen LogP contribution in [0.5, 0.6) is 0 Å². The van der Waals surface area contributed by atoms with Gasteiger partial charge in [-0.25, -0.2) is 0 Å². The molecule has 0 aromatic carbocycles. The van der Waals surface area contributed by atoms with Crippen LogP contribution in [0.2, 0.25) is 0 Å². The summed E-state index contributed by atoms with van der Waals surface area (Å²) in [4.78, 5) is 0. The molecule has 0 aromatic heterocycles. The van der Waals surface area contributed by atoms with Gasteiger partial charge in [-0.2, -0.15) is 0 Å². The first-order chi connectivity index (χ1) is 9.15. The van der Waals surface area contributed by atoms with Crippen molar-refractivity contribution in [1.82, 2.24) is 10.6 Å². The van der Waals surface area contributed by atoms with Crippen molar-refractivity contribution in [2.75, 3.05) is 19.6 Å². The summed E-state index contributed by atoms with van der Waals surface area (Å²) in [6.45, 7) is 6.21. The monoisotopic (exact) mass is 262 g/mol. The van der Waals surface area contributed by atoms with Crippen LogP contribution in [0.3, 0.4) is 0 Å². The Morgan fingerprint density at radius 2 is 1.74 bits per heavy atom. The predicted molar refractivity (Wildman–Crippen MR) is 79.1 cm³/mol. The van der Waals surface area contributed by atoms with Gasteiger partial charge in [0.25, 0.3) is 0 Å². The van der Waals surface area contributed by atoms with E-state index in [0.717, 1.165) is 17.9 Å². The first-order valence-corrected chi connectivity index (χ1v) is 8.59. The standard InChI is InChI=1S/C17H30N2/c1-16-7-13-6-14(8-16)10-17(9-13,11-16)12-18-4-5-19-15-2-3-15/h13-15,18-19H,2-12H2,1H3. The van der Waals surface area contributed by atoms with Crippen LogP contribution in [0.25, 0.3) is 0 Å². The van der Waals surface area contributed by atoms with Gasteiger partial charge < -0.3 is 10.6 Å². The molecule has 5 aliphatic carbocycles. The molecule has 2 heteroatoms. The fourth-order valence-electron chi connectivity index (χ4n) is 6.14. The second kappa shape index (κ2) is 4.46. The molecule has 108 valence electrons. The molecule has 5 saturated carbocycles. The summed E-state index contributed by atoms with van der Waals surface area (Å²) in [5.41, 5.74) is 1.39. The molecule has 4 bridgehead atoms. The van der Waals surface area contributed by atoms with Crippen molar-refractivity contribution in [1.29, 1.82) is 0 Å². The minimum atomic E-state index is 0.679. The third-order valence-corrected chi connectivity index (χ3v) is 6.29. The predicted octanol–water partition coefficient (Wildman–Crippen LogP) is 2.93. The lowest BCUT2D eigenvalue weighted by Gasteiger charge is -2.61. The minimum Gasteiger partial charge on any atom is -0.315 e. The molecule has 2 N–H and O–H groups in total. The van der Waals surface area contributed by atoms with E-state index in [-0.39, 0.29) is 0 Å². The quantitative estimate of drug-likeness (QED) is 0.719. The van der Waals surface area contributed by atoms with Crippen LogP contribution in [0.1, 0.15) is 58.3 Å². The topological polar surface area (TPSA) is 24.1 Å². The average molecular weight is 262 g/mol. The maximum atomic E-state index is 3.78. The zero-order valence-corrected chi connectivity index (χ0v) is 12.5. The summed E-state index contributed by atoms with van der Waals surface area (Å²) in [6.07, 6.45) is 12.0. The Morgan fingerprint density at radius 3 is 2.37 bits per heavy atom. The van der Waals surface area contributed by atoms with Gasteiger partial charge in [-0.3, -0.25) is 0 Å². The third kappa shape index (κ3) is 2.58. The Kier molecular flexibility index (Phi) is 2.97. The lowest BCUT2D eigenvalue weighted by molar-refractivity contribution is -0.0997. The van der Waals surface area contributed by atoms with Crippen LogP contribution >= 0.6 is 0 Å². The van der Waals surface area contributed by atoms with Crippen molar-refractivity contribution in [2.45, 2.75) is 64.3 Å². The van der Waals surface area contributed by atoms with Crippen molar-refractivity contribution >= 4 is 0 Å². The van der Waals surface area contributed by atoms with Gasteiger partial charge in [0, 0.05) is 25.7 Å². The van der Waals surface area contributed by atoms with Gasteiger partial charge in [0.05, 0.1) is 0 Å². The lowest BCUT2D eigenvalue weighted by atomic mass is 9.44. The Bertz CT molecular complexity index is 333. The van der Waals surface area contributed by atoms with Gasteiger partial charge >= 0.3 is 0 Å². The first kappa shape index (κ1) is 12.6. The minimum absolute atomic E-state index is 0.679. The van der Waals surface area contributed by atoms with Gasteiger partial charge in [-0.15, -0.1) is 0 Å². The summed E-state index contributed by atoms with van der Waals surface area (Å²) >= 11 is 0. The average Bonchev–Trinajstić information content (AvgIpc) is 3.08. The zero-order chi connectivity index (χ0) is 12.9. The first-order valence-electron chi connectivity index (χ1n) is 8.59. The highest BCUT2D eigenvalue weighted by Gasteiger charge is 2.55. The van der Waals surface area contributed by atoms with Crippen LogP contribution < -0.4 is 10.6 Å². The SMILES string of the molecule is CC12CC3CC(C1)CC(CNCCNC1CC1)(C3)C2. The Balaban J connectivity index is 1.29. The van der Waals surface area contributed by atoms with E-state index < -0.39 is 0 Å². The highest BCUT2D eigenvalue weighted by molar-refractivity contribution is 5.06. The smallest absolute Gasteiger partial charge is 0.00793 e. The number of rotatable bonds is 6. The molecular formula is C17H30N2. The van der Waals surface area contributed by atoms with Crippen LogP contribution in [-0.4, -0.2) is 25.7 Å².